The number of aryl methyl sites for hydroxylation is 2. The quantitative estimate of drug-likeness (QED) is 0.544. The summed E-state index contributed by atoms with van der Waals surface area (Å²) in [5, 5.41) is 0.739. The SMILES string of the molecule is Cc1cc(C)c(N2CCN(Cc3ccc(Cl)cc3)CC2)cc1SCC(F)(F)F. The van der Waals surface area contributed by atoms with Crippen LogP contribution in [0.2, 0.25) is 5.02 Å². The number of nitrogens with zero attached hydrogens (tertiary/aromatic N) is 2. The molecule has 7 heteroatoms. The zero-order chi connectivity index (χ0) is 20.3. The normalized spacial score (nSPS) is 15.9. The lowest BCUT2D eigenvalue weighted by Gasteiger charge is -2.37. The van der Waals surface area contributed by atoms with Crippen LogP contribution < -0.4 is 4.90 Å². The summed E-state index contributed by atoms with van der Waals surface area (Å²) >= 11 is 6.81. The standard InChI is InChI=1S/C21H24ClF3N2S/c1-15-11-16(2)20(28-14-21(23,24)25)12-19(15)27-9-7-26(8-10-27)13-17-3-5-18(22)6-4-17/h3-6,11-12H,7-10,13-14H2,1-2H3. The molecule has 0 N–H and O–H groups in total. The number of halogens is 4. The first-order valence-corrected chi connectivity index (χ1v) is 10.6. The Hall–Kier alpha value is -1.37. The Morgan fingerprint density at radius 1 is 0.964 bits per heavy atom. The first-order chi connectivity index (χ1) is 13.2. The van der Waals surface area contributed by atoms with Crippen molar-refractivity contribution in [3.05, 3.63) is 58.1 Å². The second-order valence-electron chi connectivity index (χ2n) is 7.20. The van der Waals surface area contributed by atoms with Gasteiger partial charge in [0.2, 0.25) is 0 Å². The van der Waals surface area contributed by atoms with E-state index in [2.05, 4.69) is 9.80 Å². The van der Waals surface area contributed by atoms with Crippen LogP contribution in [0.4, 0.5) is 18.9 Å². The molecule has 0 amide bonds. The van der Waals surface area contributed by atoms with Crippen molar-refractivity contribution in [2.24, 2.45) is 0 Å². The van der Waals surface area contributed by atoms with E-state index in [9.17, 15) is 13.2 Å². The summed E-state index contributed by atoms with van der Waals surface area (Å²) in [4.78, 5) is 5.38. The predicted octanol–water partition coefficient (Wildman–Crippen LogP) is 5.93. The van der Waals surface area contributed by atoms with Gasteiger partial charge in [0, 0.05) is 48.3 Å². The highest BCUT2D eigenvalue weighted by Crippen LogP contribution is 2.34. The molecule has 0 saturated carbocycles. The van der Waals surface area contributed by atoms with Crippen LogP contribution in [0.15, 0.2) is 41.3 Å². The van der Waals surface area contributed by atoms with E-state index in [1.54, 1.807) is 0 Å². The molecule has 2 aromatic rings. The van der Waals surface area contributed by atoms with Crippen LogP contribution in [0.1, 0.15) is 16.7 Å². The van der Waals surface area contributed by atoms with E-state index in [0.29, 0.717) is 4.90 Å². The Kier molecular flexibility index (Phi) is 6.84. The summed E-state index contributed by atoms with van der Waals surface area (Å²) in [5.41, 5.74) is 4.29. The van der Waals surface area contributed by atoms with Crippen molar-refractivity contribution in [3.8, 4) is 0 Å². The minimum Gasteiger partial charge on any atom is -0.369 e. The van der Waals surface area contributed by atoms with E-state index in [4.69, 9.17) is 11.6 Å². The van der Waals surface area contributed by atoms with Crippen molar-refractivity contribution in [2.75, 3.05) is 36.8 Å². The summed E-state index contributed by atoms with van der Waals surface area (Å²) in [6, 6.07) is 11.8. The van der Waals surface area contributed by atoms with Gasteiger partial charge < -0.3 is 4.90 Å². The lowest BCUT2D eigenvalue weighted by molar-refractivity contribution is -0.105. The average molecular weight is 429 g/mol. The molecule has 2 nitrogen and oxygen atoms in total. The molecule has 0 aromatic heterocycles. The van der Waals surface area contributed by atoms with Gasteiger partial charge in [-0.1, -0.05) is 29.8 Å². The minimum absolute atomic E-state index is 0.710. The third-order valence-electron chi connectivity index (χ3n) is 4.92. The van der Waals surface area contributed by atoms with Gasteiger partial charge in [-0.2, -0.15) is 13.2 Å². The van der Waals surface area contributed by atoms with Gasteiger partial charge in [0.15, 0.2) is 0 Å². The van der Waals surface area contributed by atoms with Crippen LogP contribution in [0.3, 0.4) is 0 Å². The zero-order valence-electron chi connectivity index (χ0n) is 16.0. The highest BCUT2D eigenvalue weighted by Gasteiger charge is 2.28. The molecular weight excluding hydrogens is 405 g/mol. The minimum atomic E-state index is -4.16. The Balaban J connectivity index is 1.63. The molecule has 1 fully saturated rings. The van der Waals surface area contributed by atoms with Crippen molar-refractivity contribution in [2.45, 2.75) is 31.5 Å². The highest BCUT2D eigenvalue weighted by atomic mass is 35.5. The van der Waals surface area contributed by atoms with Gasteiger partial charge in [0.05, 0.1) is 5.75 Å². The van der Waals surface area contributed by atoms with Gasteiger partial charge in [-0.05, 0) is 48.7 Å². The Bertz CT molecular complexity index is 801. The molecule has 0 atom stereocenters. The first-order valence-electron chi connectivity index (χ1n) is 9.24. The van der Waals surface area contributed by atoms with Crippen LogP contribution in [-0.2, 0) is 6.54 Å². The number of piperazine rings is 1. The lowest BCUT2D eigenvalue weighted by atomic mass is 10.1. The molecule has 0 spiro atoms. The molecule has 2 aromatic carbocycles. The van der Waals surface area contributed by atoms with E-state index in [0.717, 1.165) is 66.3 Å². The van der Waals surface area contributed by atoms with Gasteiger partial charge in [0.1, 0.15) is 0 Å². The van der Waals surface area contributed by atoms with Gasteiger partial charge in [-0.25, -0.2) is 0 Å². The summed E-state index contributed by atoms with van der Waals surface area (Å²) in [5.74, 6) is -0.856. The van der Waals surface area contributed by atoms with E-state index in [1.165, 1.54) is 5.56 Å². The van der Waals surface area contributed by atoms with E-state index >= 15 is 0 Å². The molecule has 152 valence electrons. The molecule has 1 aliphatic heterocycles. The maximum atomic E-state index is 12.6. The second kappa shape index (κ2) is 8.97. The van der Waals surface area contributed by atoms with E-state index < -0.39 is 11.9 Å². The van der Waals surface area contributed by atoms with Gasteiger partial charge >= 0.3 is 6.18 Å². The molecule has 1 saturated heterocycles. The molecule has 0 radical (unpaired) electrons. The van der Waals surface area contributed by atoms with Crippen molar-refractivity contribution in [1.82, 2.24) is 4.90 Å². The van der Waals surface area contributed by atoms with Crippen molar-refractivity contribution >= 4 is 29.1 Å². The number of hydrogen-bond acceptors (Lipinski definition) is 3. The van der Waals surface area contributed by atoms with E-state index in [1.807, 2.05) is 50.2 Å². The van der Waals surface area contributed by atoms with Crippen molar-refractivity contribution in [1.29, 1.82) is 0 Å². The molecular formula is C21H24ClF3N2S. The summed E-state index contributed by atoms with van der Waals surface area (Å²) in [6.45, 7) is 8.34. The fourth-order valence-electron chi connectivity index (χ4n) is 3.47. The Morgan fingerprint density at radius 2 is 1.61 bits per heavy atom. The third kappa shape index (κ3) is 5.82. The predicted molar refractivity (Wildman–Crippen MR) is 112 cm³/mol. The van der Waals surface area contributed by atoms with Crippen LogP contribution in [0.25, 0.3) is 0 Å². The topological polar surface area (TPSA) is 6.48 Å². The number of anilines is 1. The van der Waals surface area contributed by atoms with Crippen LogP contribution in [0.5, 0.6) is 0 Å². The maximum Gasteiger partial charge on any atom is 0.398 e. The van der Waals surface area contributed by atoms with E-state index in [-0.39, 0.29) is 0 Å². The molecule has 0 bridgehead atoms. The molecule has 1 aliphatic rings. The van der Waals surface area contributed by atoms with Crippen molar-refractivity contribution in [3.63, 3.8) is 0 Å². The number of thioether (sulfide) groups is 1. The number of alkyl halides is 3. The maximum absolute atomic E-state index is 12.6. The molecule has 28 heavy (non-hydrogen) atoms. The van der Waals surface area contributed by atoms with Gasteiger partial charge in [-0.3, -0.25) is 4.90 Å². The summed E-state index contributed by atoms with van der Waals surface area (Å²) < 4.78 is 37.8. The average Bonchev–Trinajstić information content (AvgIpc) is 2.63. The van der Waals surface area contributed by atoms with Crippen molar-refractivity contribution < 1.29 is 13.2 Å². The molecule has 3 rings (SSSR count). The Labute approximate surface area is 173 Å². The Morgan fingerprint density at radius 3 is 2.21 bits per heavy atom. The summed E-state index contributed by atoms with van der Waals surface area (Å²) in [7, 11) is 0. The van der Waals surface area contributed by atoms with Gasteiger partial charge in [0.25, 0.3) is 0 Å². The van der Waals surface area contributed by atoms with Crippen LogP contribution in [0, 0.1) is 13.8 Å². The molecule has 0 unspecified atom stereocenters. The largest absolute Gasteiger partial charge is 0.398 e. The number of hydrogen-bond donors (Lipinski definition) is 0. The number of rotatable bonds is 5. The number of benzene rings is 2. The smallest absolute Gasteiger partial charge is 0.369 e. The highest BCUT2D eigenvalue weighted by molar-refractivity contribution is 7.99. The third-order valence-corrected chi connectivity index (χ3v) is 6.39. The van der Waals surface area contributed by atoms with Crippen LogP contribution >= 0.6 is 23.4 Å². The first kappa shape index (κ1) is 21.3. The summed E-state index contributed by atoms with van der Waals surface area (Å²) in [6.07, 6.45) is -4.16. The second-order valence-corrected chi connectivity index (χ2v) is 8.65. The zero-order valence-corrected chi connectivity index (χ0v) is 17.6. The van der Waals surface area contributed by atoms with Crippen LogP contribution in [-0.4, -0.2) is 43.0 Å². The monoisotopic (exact) mass is 428 g/mol. The lowest BCUT2D eigenvalue weighted by Crippen LogP contribution is -2.46. The molecule has 0 aliphatic carbocycles. The molecule has 1 heterocycles. The fourth-order valence-corrected chi connectivity index (χ4v) is 4.40. The fraction of sp³-hybridized carbons (Fsp3) is 0.429. The van der Waals surface area contributed by atoms with Gasteiger partial charge in [-0.15, -0.1) is 11.8 Å².